The Labute approximate surface area is 100 Å². The van der Waals surface area contributed by atoms with Gasteiger partial charge in [-0.15, -0.1) is 0 Å². The summed E-state index contributed by atoms with van der Waals surface area (Å²) in [4.78, 5) is 23.9. The summed E-state index contributed by atoms with van der Waals surface area (Å²) in [6.45, 7) is 2.35. The zero-order valence-corrected chi connectivity index (χ0v) is 10.1. The van der Waals surface area contributed by atoms with Gasteiger partial charge in [0, 0.05) is 26.4 Å². The van der Waals surface area contributed by atoms with Gasteiger partial charge in [-0.3, -0.25) is 9.59 Å². The van der Waals surface area contributed by atoms with Gasteiger partial charge in [0.1, 0.15) is 5.76 Å². The van der Waals surface area contributed by atoms with Crippen LogP contribution in [0.2, 0.25) is 0 Å². The number of carboxylic acids is 1. The fourth-order valence-electron chi connectivity index (χ4n) is 1.58. The summed E-state index contributed by atoms with van der Waals surface area (Å²) in [5.41, 5.74) is 0.560. The summed E-state index contributed by atoms with van der Waals surface area (Å²) in [5, 5.41) is 8.51. The molecule has 0 aliphatic rings. The molecule has 1 aromatic heterocycles. The summed E-state index contributed by atoms with van der Waals surface area (Å²) in [6.07, 6.45) is 2.69. The highest BCUT2D eigenvalue weighted by Gasteiger charge is 2.17. The van der Waals surface area contributed by atoms with Crippen LogP contribution in [0.5, 0.6) is 0 Å². The first-order chi connectivity index (χ1) is 8.06. The molecule has 0 saturated heterocycles. The van der Waals surface area contributed by atoms with Gasteiger partial charge < -0.3 is 14.4 Å². The minimum Gasteiger partial charge on any atom is -0.481 e. The summed E-state index contributed by atoms with van der Waals surface area (Å²) >= 11 is 0. The van der Waals surface area contributed by atoms with Crippen molar-refractivity contribution in [3.63, 3.8) is 0 Å². The SMILES string of the molecule is CCc1occc1C(=O)N(C)CCCC(=O)O. The zero-order valence-electron chi connectivity index (χ0n) is 10.1. The zero-order chi connectivity index (χ0) is 12.8. The van der Waals surface area contributed by atoms with Crippen LogP contribution in [-0.2, 0) is 11.2 Å². The average Bonchev–Trinajstić information content (AvgIpc) is 2.75. The Morgan fingerprint density at radius 1 is 1.47 bits per heavy atom. The molecule has 0 radical (unpaired) electrons. The van der Waals surface area contributed by atoms with Crippen LogP contribution < -0.4 is 0 Å². The van der Waals surface area contributed by atoms with Gasteiger partial charge in [-0.2, -0.15) is 0 Å². The molecule has 5 nitrogen and oxygen atoms in total. The largest absolute Gasteiger partial charge is 0.481 e. The highest BCUT2D eigenvalue weighted by molar-refractivity contribution is 5.95. The van der Waals surface area contributed by atoms with Crippen molar-refractivity contribution in [3.8, 4) is 0 Å². The third kappa shape index (κ3) is 3.62. The molecule has 0 saturated carbocycles. The van der Waals surface area contributed by atoms with Gasteiger partial charge in [-0.05, 0) is 12.5 Å². The van der Waals surface area contributed by atoms with E-state index in [0.29, 0.717) is 30.7 Å². The average molecular weight is 239 g/mol. The maximum atomic E-state index is 12.0. The van der Waals surface area contributed by atoms with Gasteiger partial charge in [-0.25, -0.2) is 0 Å². The molecule has 1 N–H and O–H groups in total. The number of carboxylic acid groups (broad SMARTS) is 1. The van der Waals surface area contributed by atoms with Crippen molar-refractivity contribution < 1.29 is 19.1 Å². The van der Waals surface area contributed by atoms with Crippen LogP contribution in [0.15, 0.2) is 16.7 Å². The first-order valence-corrected chi connectivity index (χ1v) is 5.59. The number of carbonyl (C=O) groups is 2. The summed E-state index contributed by atoms with van der Waals surface area (Å²) in [5.74, 6) is -0.301. The van der Waals surface area contributed by atoms with E-state index in [4.69, 9.17) is 9.52 Å². The van der Waals surface area contributed by atoms with Crippen LogP contribution in [0.1, 0.15) is 35.9 Å². The number of rotatable bonds is 6. The molecule has 1 amide bonds. The molecule has 1 rings (SSSR count). The molecule has 0 bridgehead atoms. The first-order valence-electron chi connectivity index (χ1n) is 5.59. The van der Waals surface area contributed by atoms with E-state index in [2.05, 4.69) is 0 Å². The molecular weight excluding hydrogens is 222 g/mol. The Morgan fingerprint density at radius 3 is 2.76 bits per heavy atom. The van der Waals surface area contributed by atoms with E-state index in [0.717, 1.165) is 0 Å². The molecule has 0 fully saturated rings. The second-order valence-corrected chi connectivity index (χ2v) is 3.84. The number of carbonyl (C=O) groups excluding carboxylic acids is 1. The molecule has 0 atom stereocenters. The normalized spacial score (nSPS) is 10.2. The smallest absolute Gasteiger partial charge is 0.303 e. The summed E-state index contributed by atoms with van der Waals surface area (Å²) in [6, 6.07) is 1.65. The first kappa shape index (κ1) is 13.3. The van der Waals surface area contributed by atoms with E-state index in [1.165, 1.54) is 11.2 Å². The Kier molecular flexibility index (Phi) is 4.75. The van der Waals surface area contributed by atoms with Gasteiger partial charge in [0.2, 0.25) is 0 Å². The van der Waals surface area contributed by atoms with Gasteiger partial charge in [0.25, 0.3) is 5.91 Å². The van der Waals surface area contributed by atoms with Gasteiger partial charge >= 0.3 is 5.97 Å². The van der Waals surface area contributed by atoms with Crippen LogP contribution in [0.4, 0.5) is 0 Å². The van der Waals surface area contributed by atoms with Crippen molar-refractivity contribution in [2.45, 2.75) is 26.2 Å². The fraction of sp³-hybridized carbons (Fsp3) is 0.500. The molecule has 1 aromatic rings. The number of nitrogens with zero attached hydrogens (tertiary/aromatic N) is 1. The predicted molar refractivity (Wildman–Crippen MR) is 61.9 cm³/mol. The molecule has 0 spiro atoms. The third-order valence-corrected chi connectivity index (χ3v) is 2.53. The van der Waals surface area contributed by atoms with Crippen molar-refractivity contribution in [2.24, 2.45) is 0 Å². The number of furan rings is 1. The maximum absolute atomic E-state index is 12.0. The second kappa shape index (κ2) is 6.08. The van der Waals surface area contributed by atoms with Crippen molar-refractivity contribution in [1.29, 1.82) is 0 Å². The number of amides is 1. The lowest BCUT2D eigenvalue weighted by atomic mass is 10.2. The second-order valence-electron chi connectivity index (χ2n) is 3.84. The molecular formula is C12H17NO4. The molecule has 17 heavy (non-hydrogen) atoms. The Bertz CT molecular complexity index is 397. The van der Waals surface area contributed by atoms with Crippen molar-refractivity contribution >= 4 is 11.9 Å². The topological polar surface area (TPSA) is 70.8 Å². The monoisotopic (exact) mass is 239 g/mol. The Morgan fingerprint density at radius 2 is 2.18 bits per heavy atom. The quantitative estimate of drug-likeness (QED) is 0.821. The lowest BCUT2D eigenvalue weighted by Crippen LogP contribution is -2.28. The molecule has 0 aromatic carbocycles. The molecule has 0 aliphatic heterocycles. The highest BCUT2D eigenvalue weighted by Crippen LogP contribution is 2.13. The predicted octanol–water partition coefficient (Wildman–Crippen LogP) is 1.78. The number of aliphatic carboxylic acids is 1. The number of hydrogen-bond acceptors (Lipinski definition) is 3. The number of aryl methyl sites for hydroxylation is 1. The van der Waals surface area contributed by atoms with E-state index in [9.17, 15) is 9.59 Å². The van der Waals surface area contributed by atoms with E-state index in [1.54, 1.807) is 13.1 Å². The maximum Gasteiger partial charge on any atom is 0.303 e. The van der Waals surface area contributed by atoms with E-state index >= 15 is 0 Å². The van der Waals surface area contributed by atoms with E-state index in [-0.39, 0.29) is 12.3 Å². The van der Waals surface area contributed by atoms with Crippen LogP contribution in [0.3, 0.4) is 0 Å². The van der Waals surface area contributed by atoms with Crippen LogP contribution >= 0.6 is 0 Å². The van der Waals surface area contributed by atoms with Gasteiger partial charge in [0.05, 0.1) is 11.8 Å². The van der Waals surface area contributed by atoms with E-state index in [1.807, 2.05) is 6.92 Å². The third-order valence-electron chi connectivity index (χ3n) is 2.53. The van der Waals surface area contributed by atoms with Crippen LogP contribution in [0.25, 0.3) is 0 Å². The minimum absolute atomic E-state index is 0.0731. The molecule has 5 heteroatoms. The summed E-state index contributed by atoms with van der Waals surface area (Å²) in [7, 11) is 1.66. The number of hydrogen-bond donors (Lipinski definition) is 1. The molecule has 0 unspecified atom stereocenters. The molecule has 94 valence electrons. The lowest BCUT2D eigenvalue weighted by molar-refractivity contribution is -0.137. The van der Waals surface area contributed by atoms with Crippen LogP contribution in [-0.4, -0.2) is 35.5 Å². The Hall–Kier alpha value is -1.78. The minimum atomic E-state index is -0.844. The van der Waals surface area contributed by atoms with E-state index < -0.39 is 5.97 Å². The fourth-order valence-corrected chi connectivity index (χ4v) is 1.58. The molecule has 1 heterocycles. The van der Waals surface area contributed by atoms with Crippen molar-refractivity contribution in [3.05, 3.63) is 23.7 Å². The molecule has 0 aliphatic carbocycles. The lowest BCUT2D eigenvalue weighted by Gasteiger charge is -2.16. The van der Waals surface area contributed by atoms with Gasteiger partial charge in [0.15, 0.2) is 0 Å². The highest BCUT2D eigenvalue weighted by atomic mass is 16.4. The van der Waals surface area contributed by atoms with Crippen molar-refractivity contribution in [1.82, 2.24) is 4.90 Å². The Balaban J connectivity index is 2.54. The van der Waals surface area contributed by atoms with Crippen LogP contribution in [0, 0.1) is 0 Å². The summed E-state index contributed by atoms with van der Waals surface area (Å²) < 4.78 is 5.19. The van der Waals surface area contributed by atoms with Gasteiger partial charge in [-0.1, -0.05) is 6.92 Å². The van der Waals surface area contributed by atoms with Crippen molar-refractivity contribution in [2.75, 3.05) is 13.6 Å². The standard InChI is InChI=1S/C12H17NO4/c1-3-10-9(6-8-17-10)12(16)13(2)7-4-5-11(14)15/h6,8H,3-5,7H2,1-2H3,(H,14,15).